The van der Waals surface area contributed by atoms with Crippen LogP contribution in [-0.4, -0.2) is 53.3 Å². The van der Waals surface area contributed by atoms with Gasteiger partial charge in [-0.2, -0.15) is 0 Å². The molecule has 1 aromatic rings. The Labute approximate surface area is 136 Å². The van der Waals surface area contributed by atoms with Crippen LogP contribution >= 0.6 is 0 Å². The van der Waals surface area contributed by atoms with E-state index < -0.39 is 11.9 Å². The summed E-state index contributed by atoms with van der Waals surface area (Å²) < 4.78 is 5.01. The van der Waals surface area contributed by atoms with Crippen LogP contribution in [0.5, 0.6) is 0 Å². The number of nitrogens with one attached hydrogen (secondary N) is 1. The zero-order chi connectivity index (χ0) is 17.7. The molecule has 1 heterocycles. The maximum Gasteiger partial charge on any atom is 0.340 e. The summed E-state index contributed by atoms with van der Waals surface area (Å²) in [5.41, 5.74) is 7.12. The number of ketones is 1. The third-order valence-corrected chi connectivity index (χ3v) is 3.63. The topological polar surface area (TPSA) is 105 Å². The third-order valence-electron chi connectivity index (χ3n) is 3.63. The van der Waals surface area contributed by atoms with Crippen LogP contribution in [0.15, 0.2) is 0 Å². The first-order chi connectivity index (χ1) is 10.7. The molecule has 128 valence electrons. The molecule has 0 spiro atoms. The Balaban J connectivity index is 3.02. The molecule has 0 radical (unpaired) electrons. The first-order valence-electron chi connectivity index (χ1n) is 7.60. The number of aryl methyl sites for hydroxylation is 1. The van der Waals surface area contributed by atoms with Gasteiger partial charge >= 0.3 is 5.97 Å². The van der Waals surface area contributed by atoms with Gasteiger partial charge in [0.25, 0.3) is 0 Å². The summed E-state index contributed by atoms with van der Waals surface area (Å²) in [4.78, 5) is 40.3. The van der Waals surface area contributed by atoms with Crippen LogP contribution in [0.1, 0.15) is 52.9 Å². The highest BCUT2D eigenvalue weighted by Crippen LogP contribution is 2.20. The molecule has 0 saturated heterocycles. The van der Waals surface area contributed by atoms with Gasteiger partial charge in [0.05, 0.1) is 31.0 Å². The summed E-state index contributed by atoms with van der Waals surface area (Å²) in [6, 6.07) is -0.00709. The molecule has 0 atom stereocenters. The number of hydrogen-bond donors (Lipinski definition) is 2. The SMILES string of the molecule is CCOC(=O)c1c(C)[nH]c(C(=O)CN(CC(N)=O)C(C)C)c1C. The molecule has 7 nitrogen and oxygen atoms in total. The third kappa shape index (κ3) is 4.66. The summed E-state index contributed by atoms with van der Waals surface area (Å²) in [6.07, 6.45) is 0. The number of Topliss-reactive ketones (excluding diaryl/α,β-unsaturated/α-hetero) is 1. The number of H-pyrrole nitrogens is 1. The van der Waals surface area contributed by atoms with E-state index in [1.807, 2.05) is 13.8 Å². The van der Waals surface area contributed by atoms with Crippen LogP contribution in [-0.2, 0) is 9.53 Å². The Hall–Kier alpha value is -2.15. The van der Waals surface area contributed by atoms with E-state index in [-0.39, 0.29) is 31.5 Å². The number of nitrogens with two attached hydrogens (primary N) is 1. The van der Waals surface area contributed by atoms with E-state index >= 15 is 0 Å². The zero-order valence-corrected chi connectivity index (χ0v) is 14.4. The molecule has 0 saturated carbocycles. The van der Waals surface area contributed by atoms with Gasteiger partial charge in [-0.3, -0.25) is 14.5 Å². The van der Waals surface area contributed by atoms with Crippen molar-refractivity contribution in [3.05, 3.63) is 22.5 Å². The van der Waals surface area contributed by atoms with Crippen molar-refractivity contribution in [2.75, 3.05) is 19.7 Å². The maximum absolute atomic E-state index is 12.5. The summed E-state index contributed by atoms with van der Waals surface area (Å²) >= 11 is 0. The van der Waals surface area contributed by atoms with Crippen molar-refractivity contribution in [3.63, 3.8) is 0 Å². The molecule has 23 heavy (non-hydrogen) atoms. The lowest BCUT2D eigenvalue weighted by molar-refractivity contribution is -0.119. The second kappa shape index (κ2) is 7.92. The standard InChI is InChI=1S/C16H25N3O4/c1-6-23-16(22)14-10(4)15(18-11(14)5)12(20)7-19(9(2)3)8-13(17)21/h9,18H,6-8H2,1-5H3,(H2,17,21). The van der Waals surface area contributed by atoms with Gasteiger partial charge in [-0.1, -0.05) is 0 Å². The lowest BCUT2D eigenvalue weighted by atomic mass is 10.1. The smallest absolute Gasteiger partial charge is 0.340 e. The van der Waals surface area contributed by atoms with E-state index in [4.69, 9.17) is 10.5 Å². The number of hydrogen-bond acceptors (Lipinski definition) is 5. The quantitative estimate of drug-likeness (QED) is 0.552. The van der Waals surface area contributed by atoms with Crippen molar-refractivity contribution in [2.24, 2.45) is 5.73 Å². The highest BCUT2D eigenvalue weighted by atomic mass is 16.5. The fourth-order valence-corrected chi connectivity index (χ4v) is 2.42. The molecular weight excluding hydrogens is 298 g/mol. The van der Waals surface area contributed by atoms with Crippen LogP contribution in [0.3, 0.4) is 0 Å². The fraction of sp³-hybridized carbons (Fsp3) is 0.562. The predicted molar refractivity (Wildman–Crippen MR) is 86.5 cm³/mol. The molecule has 0 aliphatic heterocycles. The number of aromatic amines is 1. The monoisotopic (exact) mass is 323 g/mol. The van der Waals surface area contributed by atoms with Gasteiger partial charge in [0, 0.05) is 11.7 Å². The Morgan fingerprint density at radius 2 is 1.83 bits per heavy atom. The Morgan fingerprint density at radius 3 is 2.30 bits per heavy atom. The molecule has 0 aliphatic carbocycles. The molecule has 3 N–H and O–H groups in total. The molecular formula is C16H25N3O4. The number of rotatable bonds is 8. The molecule has 0 aliphatic rings. The van der Waals surface area contributed by atoms with Crippen molar-refractivity contribution in [1.29, 1.82) is 0 Å². The highest BCUT2D eigenvalue weighted by molar-refractivity contribution is 6.02. The number of nitrogens with zero attached hydrogens (tertiary/aromatic N) is 1. The summed E-state index contributed by atoms with van der Waals surface area (Å²) in [5, 5.41) is 0. The van der Waals surface area contributed by atoms with Crippen LogP contribution in [0.4, 0.5) is 0 Å². The van der Waals surface area contributed by atoms with Crippen LogP contribution in [0.25, 0.3) is 0 Å². The minimum absolute atomic E-state index is 0.00682. The minimum Gasteiger partial charge on any atom is -0.462 e. The van der Waals surface area contributed by atoms with E-state index in [1.54, 1.807) is 25.7 Å². The van der Waals surface area contributed by atoms with Crippen LogP contribution in [0.2, 0.25) is 0 Å². The minimum atomic E-state index is -0.488. The molecule has 0 aromatic carbocycles. The van der Waals surface area contributed by atoms with E-state index in [9.17, 15) is 14.4 Å². The first kappa shape index (κ1) is 18.9. The van der Waals surface area contributed by atoms with Crippen molar-refractivity contribution in [2.45, 2.75) is 40.7 Å². The summed E-state index contributed by atoms with van der Waals surface area (Å²) in [6.45, 7) is 9.24. The first-order valence-corrected chi connectivity index (χ1v) is 7.60. The van der Waals surface area contributed by atoms with Crippen molar-refractivity contribution in [3.8, 4) is 0 Å². The zero-order valence-electron chi connectivity index (χ0n) is 14.4. The van der Waals surface area contributed by atoms with E-state index in [0.717, 1.165) is 0 Å². The van der Waals surface area contributed by atoms with Gasteiger partial charge in [0.2, 0.25) is 5.91 Å². The Kier molecular flexibility index (Phi) is 6.50. The van der Waals surface area contributed by atoms with Gasteiger partial charge < -0.3 is 15.5 Å². The van der Waals surface area contributed by atoms with Gasteiger partial charge in [-0.05, 0) is 40.2 Å². The average Bonchev–Trinajstić information content (AvgIpc) is 2.72. The van der Waals surface area contributed by atoms with E-state index in [2.05, 4.69) is 4.98 Å². The molecule has 7 heteroatoms. The average molecular weight is 323 g/mol. The van der Waals surface area contributed by atoms with Crippen molar-refractivity contribution < 1.29 is 19.1 Å². The van der Waals surface area contributed by atoms with Crippen LogP contribution < -0.4 is 5.73 Å². The number of primary amides is 1. The van der Waals surface area contributed by atoms with Gasteiger partial charge in [-0.15, -0.1) is 0 Å². The summed E-state index contributed by atoms with van der Waals surface area (Å²) in [7, 11) is 0. The van der Waals surface area contributed by atoms with Crippen LogP contribution in [0, 0.1) is 13.8 Å². The number of aromatic nitrogens is 1. The highest BCUT2D eigenvalue weighted by Gasteiger charge is 2.25. The molecule has 1 aromatic heterocycles. The lowest BCUT2D eigenvalue weighted by Crippen LogP contribution is -2.41. The number of esters is 1. The second-order valence-electron chi connectivity index (χ2n) is 5.73. The van der Waals surface area contributed by atoms with E-state index in [1.165, 1.54) is 0 Å². The maximum atomic E-state index is 12.5. The fourth-order valence-electron chi connectivity index (χ4n) is 2.42. The second-order valence-corrected chi connectivity index (χ2v) is 5.73. The Bertz CT molecular complexity index is 605. The number of carbonyl (C=O) groups excluding carboxylic acids is 3. The number of amides is 1. The number of ether oxygens (including phenoxy) is 1. The molecule has 0 unspecified atom stereocenters. The van der Waals surface area contributed by atoms with Gasteiger partial charge in [-0.25, -0.2) is 4.79 Å². The normalized spacial score (nSPS) is 11.1. The molecule has 0 fully saturated rings. The molecule has 0 bridgehead atoms. The van der Waals surface area contributed by atoms with Crippen molar-refractivity contribution >= 4 is 17.7 Å². The number of carbonyl (C=O) groups is 3. The molecule has 1 amide bonds. The predicted octanol–water partition coefficient (Wildman–Crippen LogP) is 1.19. The van der Waals surface area contributed by atoms with Gasteiger partial charge in [0.1, 0.15) is 0 Å². The molecule has 1 rings (SSSR count). The lowest BCUT2D eigenvalue weighted by Gasteiger charge is -2.23. The van der Waals surface area contributed by atoms with E-state index in [0.29, 0.717) is 22.5 Å². The Morgan fingerprint density at radius 1 is 1.22 bits per heavy atom. The van der Waals surface area contributed by atoms with Gasteiger partial charge in [0.15, 0.2) is 5.78 Å². The largest absolute Gasteiger partial charge is 0.462 e. The van der Waals surface area contributed by atoms with Crippen molar-refractivity contribution in [1.82, 2.24) is 9.88 Å². The summed E-state index contributed by atoms with van der Waals surface area (Å²) in [5.74, 6) is -1.13.